The van der Waals surface area contributed by atoms with Crippen LogP contribution in [0.1, 0.15) is 6.92 Å². The molecule has 0 radical (unpaired) electrons. The van der Waals surface area contributed by atoms with Gasteiger partial charge in [0.1, 0.15) is 17.6 Å². The second-order valence-corrected chi connectivity index (χ2v) is 7.26. The second kappa shape index (κ2) is 7.52. The topological polar surface area (TPSA) is 75.7 Å². The highest BCUT2D eigenvalue weighted by Crippen LogP contribution is 2.25. The maximum Gasteiger partial charge on any atom is 0.247 e. The van der Waals surface area contributed by atoms with Crippen molar-refractivity contribution in [3.05, 3.63) is 54.3 Å². The number of sulfonamides is 1. The van der Waals surface area contributed by atoms with Gasteiger partial charge < -0.3 is 10.1 Å². The van der Waals surface area contributed by atoms with Crippen LogP contribution in [-0.2, 0) is 14.8 Å². The molecule has 1 N–H and O–H groups in total. The zero-order valence-corrected chi connectivity index (χ0v) is 14.9. The van der Waals surface area contributed by atoms with E-state index in [9.17, 15) is 17.6 Å². The highest BCUT2D eigenvalue weighted by atomic mass is 32.2. The first-order valence-electron chi connectivity index (χ1n) is 7.43. The number of carbonyl (C=O) groups is 1. The molecule has 0 aliphatic carbocycles. The fourth-order valence-electron chi connectivity index (χ4n) is 2.33. The Balaban J connectivity index is 2.28. The Bertz CT molecular complexity index is 853. The molecule has 1 atom stereocenters. The molecule has 2 aromatic rings. The number of hydrogen-bond acceptors (Lipinski definition) is 4. The minimum atomic E-state index is -3.88. The predicted molar refractivity (Wildman–Crippen MR) is 94.8 cm³/mol. The fourth-order valence-corrected chi connectivity index (χ4v) is 3.51. The van der Waals surface area contributed by atoms with E-state index in [1.165, 1.54) is 32.2 Å². The minimum absolute atomic E-state index is 0.178. The summed E-state index contributed by atoms with van der Waals surface area (Å²) in [6, 6.07) is 10.8. The number of halogens is 1. The lowest BCUT2D eigenvalue weighted by Gasteiger charge is -2.28. The van der Waals surface area contributed by atoms with Crippen LogP contribution in [0.5, 0.6) is 5.75 Å². The van der Waals surface area contributed by atoms with Gasteiger partial charge in [-0.2, -0.15) is 0 Å². The zero-order valence-electron chi connectivity index (χ0n) is 14.1. The first-order chi connectivity index (χ1) is 11.7. The quantitative estimate of drug-likeness (QED) is 0.853. The van der Waals surface area contributed by atoms with Crippen molar-refractivity contribution in [3.63, 3.8) is 0 Å². The molecule has 2 aromatic carbocycles. The van der Waals surface area contributed by atoms with Gasteiger partial charge in [0.25, 0.3) is 0 Å². The molecule has 0 aliphatic rings. The number of hydrogen-bond donors (Lipinski definition) is 1. The Labute approximate surface area is 146 Å². The Hall–Kier alpha value is -2.61. The van der Waals surface area contributed by atoms with Crippen molar-refractivity contribution >= 4 is 27.3 Å². The van der Waals surface area contributed by atoms with Crippen LogP contribution >= 0.6 is 0 Å². The summed E-state index contributed by atoms with van der Waals surface area (Å²) >= 11 is 0. The molecule has 8 heteroatoms. The maximum absolute atomic E-state index is 14.1. The highest BCUT2D eigenvalue weighted by Gasteiger charge is 2.30. The number of carbonyl (C=O) groups excluding carboxylic acids is 1. The van der Waals surface area contributed by atoms with Crippen molar-refractivity contribution in [2.75, 3.05) is 23.0 Å². The molecule has 6 nitrogen and oxygen atoms in total. The van der Waals surface area contributed by atoms with Crippen LogP contribution in [0.25, 0.3) is 0 Å². The number of nitrogens with zero attached hydrogens (tertiary/aromatic N) is 1. The number of para-hydroxylation sites is 1. The lowest BCUT2D eigenvalue weighted by Crippen LogP contribution is -2.45. The average molecular weight is 366 g/mol. The van der Waals surface area contributed by atoms with Crippen LogP contribution in [0.3, 0.4) is 0 Å². The molecule has 25 heavy (non-hydrogen) atoms. The summed E-state index contributed by atoms with van der Waals surface area (Å²) in [4.78, 5) is 12.5. The Morgan fingerprint density at radius 1 is 1.16 bits per heavy atom. The molecular weight excluding hydrogens is 347 g/mol. The van der Waals surface area contributed by atoms with E-state index >= 15 is 0 Å². The first-order valence-corrected chi connectivity index (χ1v) is 9.27. The van der Waals surface area contributed by atoms with Crippen molar-refractivity contribution in [2.24, 2.45) is 0 Å². The smallest absolute Gasteiger partial charge is 0.247 e. The number of benzene rings is 2. The van der Waals surface area contributed by atoms with Crippen LogP contribution in [0, 0.1) is 5.82 Å². The largest absolute Gasteiger partial charge is 0.497 e. The van der Waals surface area contributed by atoms with E-state index in [1.54, 1.807) is 24.3 Å². The Morgan fingerprint density at radius 3 is 2.28 bits per heavy atom. The lowest BCUT2D eigenvalue weighted by atomic mass is 10.2. The van der Waals surface area contributed by atoms with Gasteiger partial charge >= 0.3 is 0 Å². The van der Waals surface area contributed by atoms with Crippen LogP contribution in [0.15, 0.2) is 48.5 Å². The summed E-state index contributed by atoms with van der Waals surface area (Å²) < 4.78 is 44.1. The van der Waals surface area contributed by atoms with Gasteiger partial charge in [-0.15, -0.1) is 0 Å². The average Bonchev–Trinajstić information content (AvgIpc) is 2.56. The normalized spacial score (nSPS) is 12.3. The summed E-state index contributed by atoms with van der Waals surface area (Å²) in [5.74, 6) is -0.689. The number of methoxy groups -OCH3 is 1. The molecular formula is C17H19FN2O4S. The van der Waals surface area contributed by atoms with E-state index in [2.05, 4.69) is 5.32 Å². The lowest BCUT2D eigenvalue weighted by molar-refractivity contribution is -0.116. The number of anilines is 2. The van der Waals surface area contributed by atoms with Crippen LogP contribution in [0.2, 0.25) is 0 Å². The minimum Gasteiger partial charge on any atom is -0.497 e. The van der Waals surface area contributed by atoms with E-state index < -0.39 is 27.8 Å². The second-order valence-electron chi connectivity index (χ2n) is 5.40. The van der Waals surface area contributed by atoms with Gasteiger partial charge in [-0.25, -0.2) is 12.8 Å². The highest BCUT2D eigenvalue weighted by molar-refractivity contribution is 7.92. The van der Waals surface area contributed by atoms with Gasteiger partial charge in [-0.3, -0.25) is 9.10 Å². The van der Waals surface area contributed by atoms with Crippen molar-refractivity contribution in [1.29, 1.82) is 0 Å². The fraction of sp³-hybridized carbons (Fsp3) is 0.235. The van der Waals surface area contributed by atoms with Gasteiger partial charge in [0.15, 0.2) is 0 Å². The molecule has 0 aliphatic heterocycles. The zero-order chi connectivity index (χ0) is 18.6. The third kappa shape index (κ3) is 4.48. The number of amides is 1. The number of nitrogens with one attached hydrogen (secondary N) is 1. The van der Waals surface area contributed by atoms with E-state index in [1.807, 2.05) is 0 Å². The van der Waals surface area contributed by atoms with E-state index in [4.69, 9.17) is 4.74 Å². The van der Waals surface area contributed by atoms with Crippen molar-refractivity contribution in [1.82, 2.24) is 0 Å². The standard InChI is InChI=1S/C17H19FN2O4S/c1-12(17(21)19-13-8-10-14(24-2)11-9-13)20(25(3,22)23)16-7-5-4-6-15(16)18/h4-12H,1-3H3,(H,19,21). The SMILES string of the molecule is COc1ccc(NC(=O)C(C)N(c2ccccc2F)S(C)(=O)=O)cc1. The van der Waals surface area contributed by atoms with Crippen LogP contribution < -0.4 is 14.4 Å². The molecule has 0 heterocycles. The van der Waals surface area contributed by atoms with Crippen molar-refractivity contribution in [3.8, 4) is 5.75 Å². The van der Waals surface area contributed by atoms with Crippen LogP contribution in [-0.4, -0.2) is 33.7 Å². The monoisotopic (exact) mass is 366 g/mol. The molecule has 1 amide bonds. The van der Waals surface area contributed by atoms with Gasteiger partial charge in [-0.05, 0) is 43.3 Å². The molecule has 0 bridgehead atoms. The first kappa shape index (κ1) is 18.7. The van der Waals surface area contributed by atoms with Gasteiger partial charge in [0, 0.05) is 5.69 Å². The summed E-state index contributed by atoms with van der Waals surface area (Å²) in [5, 5.41) is 2.61. The number of ether oxygens (including phenoxy) is 1. The number of rotatable bonds is 6. The van der Waals surface area contributed by atoms with Crippen molar-refractivity contribution in [2.45, 2.75) is 13.0 Å². The third-order valence-corrected chi connectivity index (χ3v) is 4.76. The molecule has 1 unspecified atom stereocenters. The van der Waals surface area contributed by atoms with E-state index in [0.717, 1.165) is 16.6 Å². The van der Waals surface area contributed by atoms with Gasteiger partial charge in [0.05, 0.1) is 19.1 Å². The molecule has 134 valence electrons. The molecule has 0 fully saturated rings. The van der Waals surface area contributed by atoms with E-state index in [0.29, 0.717) is 11.4 Å². The molecule has 0 aromatic heterocycles. The Morgan fingerprint density at radius 2 is 1.76 bits per heavy atom. The Kier molecular flexibility index (Phi) is 5.63. The van der Waals surface area contributed by atoms with Crippen molar-refractivity contribution < 1.29 is 22.3 Å². The molecule has 0 spiro atoms. The van der Waals surface area contributed by atoms with Gasteiger partial charge in [0.2, 0.25) is 15.9 Å². The summed E-state index contributed by atoms with van der Waals surface area (Å²) in [5.41, 5.74) is 0.294. The summed E-state index contributed by atoms with van der Waals surface area (Å²) in [6.45, 7) is 1.40. The summed E-state index contributed by atoms with van der Waals surface area (Å²) in [7, 11) is -2.35. The summed E-state index contributed by atoms with van der Waals surface area (Å²) in [6.07, 6.45) is 0.927. The predicted octanol–water partition coefficient (Wildman–Crippen LogP) is 2.63. The van der Waals surface area contributed by atoms with Gasteiger partial charge in [-0.1, -0.05) is 12.1 Å². The maximum atomic E-state index is 14.1. The molecule has 0 saturated heterocycles. The molecule has 2 rings (SSSR count). The van der Waals surface area contributed by atoms with E-state index in [-0.39, 0.29) is 5.69 Å². The molecule has 0 saturated carbocycles. The van der Waals surface area contributed by atoms with Crippen LogP contribution in [0.4, 0.5) is 15.8 Å². The third-order valence-electron chi connectivity index (χ3n) is 3.54.